The maximum Gasteiger partial charge on any atom is 0.310 e. The molecule has 2 aromatic carbocycles. The zero-order chi connectivity index (χ0) is 16.2. The van der Waals surface area contributed by atoms with Gasteiger partial charge in [-0.15, -0.1) is 11.8 Å². The Morgan fingerprint density at radius 2 is 1.82 bits per heavy atom. The van der Waals surface area contributed by atoms with Crippen molar-refractivity contribution in [1.82, 2.24) is 5.32 Å². The molecule has 0 unspecified atom stereocenters. The Morgan fingerprint density at radius 1 is 1.14 bits per heavy atom. The molecule has 0 aromatic heterocycles. The summed E-state index contributed by atoms with van der Waals surface area (Å²) in [6.45, 7) is 3.30. The van der Waals surface area contributed by atoms with E-state index >= 15 is 0 Å². The Kier molecular flexibility index (Phi) is 5.08. The summed E-state index contributed by atoms with van der Waals surface area (Å²) in [5.74, 6) is -0.809. The number of aliphatic carboxylic acids is 1. The van der Waals surface area contributed by atoms with Gasteiger partial charge in [0.2, 0.25) is 5.91 Å². The summed E-state index contributed by atoms with van der Waals surface area (Å²) in [5.41, 5.74) is -0.955. The Hall–Kier alpha value is -2.01. The summed E-state index contributed by atoms with van der Waals surface area (Å²) in [5, 5.41) is 14.0. The van der Waals surface area contributed by atoms with Crippen LogP contribution in [0.4, 0.5) is 0 Å². The lowest BCUT2D eigenvalue weighted by molar-refractivity contribution is -0.146. The molecule has 0 heterocycles. The summed E-state index contributed by atoms with van der Waals surface area (Å²) < 4.78 is 0. The van der Waals surface area contributed by atoms with Crippen molar-refractivity contribution in [2.75, 3.05) is 12.3 Å². The van der Waals surface area contributed by atoms with Crippen molar-refractivity contribution in [3.05, 3.63) is 42.5 Å². The van der Waals surface area contributed by atoms with Gasteiger partial charge in [0.05, 0.1) is 11.2 Å². The Morgan fingerprint density at radius 3 is 2.50 bits per heavy atom. The minimum Gasteiger partial charge on any atom is -0.481 e. The minimum absolute atomic E-state index is 0.124. The van der Waals surface area contributed by atoms with Gasteiger partial charge in [0.1, 0.15) is 0 Å². The van der Waals surface area contributed by atoms with E-state index < -0.39 is 11.4 Å². The Labute approximate surface area is 133 Å². The zero-order valence-corrected chi connectivity index (χ0v) is 13.4. The van der Waals surface area contributed by atoms with Gasteiger partial charge < -0.3 is 10.4 Å². The number of nitrogens with one attached hydrogen (secondary N) is 1. The van der Waals surface area contributed by atoms with Gasteiger partial charge in [-0.3, -0.25) is 9.59 Å². The molecule has 0 spiro atoms. The SMILES string of the molecule is CC(C)(CNC(=O)CSc1ccc2ccccc2c1)C(=O)O. The first-order valence-corrected chi connectivity index (χ1v) is 7.99. The van der Waals surface area contributed by atoms with Gasteiger partial charge in [-0.2, -0.15) is 0 Å². The van der Waals surface area contributed by atoms with E-state index in [1.807, 2.05) is 36.4 Å². The molecule has 0 fully saturated rings. The van der Waals surface area contributed by atoms with E-state index in [2.05, 4.69) is 11.4 Å². The lowest BCUT2D eigenvalue weighted by Crippen LogP contribution is -2.39. The molecule has 1 amide bonds. The molecule has 2 N–H and O–H groups in total. The van der Waals surface area contributed by atoms with Crippen molar-refractivity contribution in [3.8, 4) is 0 Å². The number of hydrogen-bond acceptors (Lipinski definition) is 3. The molecule has 0 aliphatic rings. The highest BCUT2D eigenvalue weighted by molar-refractivity contribution is 8.00. The molecule has 2 rings (SSSR count). The second-order valence-corrected chi connectivity index (χ2v) is 6.81. The molecule has 4 nitrogen and oxygen atoms in total. The average Bonchev–Trinajstić information content (AvgIpc) is 2.50. The molecule has 0 saturated carbocycles. The summed E-state index contributed by atoms with van der Waals surface area (Å²) >= 11 is 1.44. The highest BCUT2D eigenvalue weighted by Crippen LogP contribution is 2.23. The lowest BCUT2D eigenvalue weighted by atomic mass is 9.94. The second kappa shape index (κ2) is 6.83. The van der Waals surface area contributed by atoms with E-state index in [1.165, 1.54) is 17.1 Å². The van der Waals surface area contributed by atoms with Crippen LogP contribution in [0.25, 0.3) is 10.8 Å². The summed E-state index contributed by atoms with van der Waals surface area (Å²) in [6, 6.07) is 14.1. The molecule has 5 heteroatoms. The molecule has 116 valence electrons. The molecule has 0 aliphatic carbocycles. The Bertz CT molecular complexity index is 697. The largest absolute Gasteiger partial charge is 0.481 e. The average molecular weight is 317 g/mol. The molecule has 2 aromatic rings. The van der Waals surface area contributed by atoms with Gasteiger partial charge in [0.25, 0.3) is 0 Å². The third-order valence-electron chi connectivity index (χ3n) is 3.40. The van der Waals surface area contributed by atoms with Crippen molar-refractivity contribution >= 4 is 34.4 Å². The van der Waals surface area contributed by atoms with Crippen LogP contribution in [0.3, 0.4) is 0 Å². The first-order valence-electron chi connectivity index (χ1n) is 7.00. The topological polar surface area (TPSA) is 66.4 Å². The van der Waals surface area contributed by atoms with Gasteiger partial charge in [0, 0.05) is 11.4 Å². The van der Waals surface area contributed by atoms with E-state index in [-0.39, 0.29) is 18.2 Å². The number of fused-ring (bicyclic) bond motifs is 1. The van der Waals surface area contributed by atoms with Crippen LogP contribution in [-0.4, -0.2) is 29.3 Å². The fourth-order valence-electron chi connectivity index (χ4n) is 1.85. The number of rotatable bonds is 6. The van der Waals surface area contributed by atoms with Crippen LogP contribution in [0.1, 0.15) is 13.8 Å². The normalized spacial score (nSPS) is 11.4. The molecular formula is C17H19NO3S. The van der Waals surface area contributed by atoms with Crippen molar-refractivity contribution < 1.29 is 14.7 Å². The van der Waals surface area contributed by atoms with E-state index in [0.717, 1.165) is 10.3 Å². The lowest BCUT2D eigenvalue weighted by Gasteiger charge is -2.19. The number of carboxylic acid groups (broad SMARTS) is 1. The summed E-state index contributed by atoms with van der Waals surface area (Å²) in [4.78, 5) is 23.8. The van der Waals surface area contributed by atoms with Crippen LogP contribution < -0.4 is 5.32 Å². The van der Waals surface area contributed by atoms with Crippen molar-refractivity contribution in [1.29, 1.82) is 0 Å². The number of benzene rings is 2. The number of hydrogen-bond donors (Lipinski definition) is 2. The molecule has 0 bridgehead atoms. The van der Waals surface area contributed by atoms with Crippen LogP contribution in [0, 0.1) is 5.41 Å². The molecule has 0 atom stereocenters. The van der Waals surface area contributed by atoms with Gasteiger partial charge in [-0.25, -0.2) is 0 Å². The van der Waals surface area contributed by atoms with E-state index in [9.17, 15) is 9.59 Å². The number of carbonyl (C=O) groups excluding carboxylic acids is 1. The van der Waals surface area contributed by atoms with Crippen molar-refractivity contribution in [2.24, 2.45) is 5.41 Å². The second-order valence-electron chi connectivity index (χ2n) is 5.76. The van der Waals surface area contributed by atoms with Crippen LogP contribution in [-0.2, 0) is 9.59 Å². The molecule has 0 saturated heterocycles. The fraction of sp³-hybridized carbons (Fsp3) is 0.294. The predicted molar refractivity (Wildman–Crippen MR) is 89.1 cm³/mol. The molecule has 22 heavy (non-hydrogen) atoms. The third-order valence-corrected chi connectivity index (χ3v) is 4.39. The van der Waals surface area contributed by atoms with Gasteiger partial charge in [-0.05, 0) is 36.8 Å². The fourth-order valence-corrected chi connectivity index (χ4v) is 2.63. The maximum atomic E-state index is 11.8. The number of carbonyl (C=O) groups is 2. The highest BCUT2D eigenvalue weighted by Gasteiger charge is 2.27. The number of carboxylic acids is 1. The van der Waals surface area contributed by atoms with Crippen molar-refractivity contribution in [2.45, 2.75) is 18.7 Å². The third kappa shape index (κ3) is 4.24. The van der Waals surface area contributed by atoms with Crippen LogP contribution in [0.5, 0.6) is 0 Å². The molecule has 0 aliphatic heterocycles. The standard InChI is InChI=1S/C17H19NO3S/c1-17(2,16(20)21)11-18-15(19)10-22-14-8-7-12-5-3-4-6-13(12)9-14/h3-9H,10-11H2,1-2H3,(H,18,19)(H,20,21). The van der Waals surface area contributed by atoms with Crippen LogP contribution >= 0.6 is 11.8 Å². The first kappa shape index (κ1) is 16.4. The molecular weight excluding hydrogens is 298 g/mol. The van der Waals surface area contributed by atoms with E-state index in [1.54, 1.807) is 13.8 Å². The molecule has 0 radical (unpaired) electrons. The summed E-state index contributed by atoms with van der Waals surface area (Å²) in [6.07, 6.45) is 0. The number of amides is 1. The van der Waals surface area contributed by atoms with E-state index in [0.29, 0.717) is 0 Å². The van der Waals surface area contributed by atoms with Gasteiger partial charge >= 0.3 is 5.97 Å². The van der Waals surface area contributed by atoms with Crippen molar-refractivity contribution in [3.63, 3.8) is 0 Å². The van der Waals surface area contributed by atoms with Gasteiger partial charge in [0.15, 0.2) is 0 Å². The smallest absolute Gasteiger partial charge is 0.310 e. The Balaban J connectivity index is 1.88. The van der Waals surface area contributed by atoms with Crippen LogP contribution in [0.2, 0.25) is 0 Å². The van der Waals surface area contributed by atoms with Crippen LogP contribution in [0.15, 0.2) is 47.4 Å². The first-order chi connectivity index (χ1) is 10.4. The quantitative estimate of drug-likeness (QED) is 0.803. The number of thioether (sulfide) groups is 1. The summed E-state index contributed by atoms with van der Waals surface area (Å²) in [7, 11) is 0. The maximum absolute atomic E-state index is 11.8. The zero-order valence-electron chi connectivity index (χ0n) is 12.6. The monoisotopic (exact) mass is 317 g/mol. The minimum atomic E-state index is -0.955. The predicted octanol–water partition coefficient (Wildman–Crippen LogP) is 3.16. The van der Waals surface area contributed by atoms with Gasteiger partial charge in [-0.1, -0.05) is 30.3 Å². The van der Waals surface area contributed by atoms with E-state index in [4.69, 9.17) is 5.11 Å². The highest BCUT2D eigenvalue weighted by atomic mass is 32.2.